The first-order chi connectivity index (χ1) is 9.94. The Kier molecular flexibility index (Phi) is 4.15. The van der Waals surface area contributed by atoms with Crippen molar-refractivity contribution in [1.29, 1.82) is 0 Å². The number of nitrogens with zero attached hydrogens (tertiary/aromatic N) is 1. The molecule has 0 bridgehead atoms. The highest BCUT2D eigenvalue weighted by Gasteiger charge is 2.18. The molecule has 110 valence electrons. The molecule has 0 atom stereocenters. The van der Waals surface area contributed by atoms with Crippen LogP contribution in [0.2, 0.25) is 0 Å². The molecule has 9 heteroatoms. The topological polar surface area (TPSA) is 108 Å². The molecule has 1 aromatic carbocycles. The van der Waals surface area contributed by atoms with Crippen LogP contribution in [0.15, 0.2) is 47.5 Å². The number of hydrogen-bond donors (Lipinski definition) is 3. The van der Waals surface area contributed by atoms with Gasteiger partial charge >= 0.3 is 0 Å². The summed E-state index contributed by atoms with van der Waals surface area (Å²) in [6, 6.07) is 8.11. The van der Waals surface area contributed by atoms with Crippen LogP contribution >= 0.6 is 0 Å². The van der Waals surface area contributed by atoms with E-state index in [0.717, 1.165) is 12.3 Å². The standard InChI is InChI=1S/C12H10FN3O4S/c13-10-6-8(12(17)15-18)7-14-11(10)16-21(19,20)9-4-2-1-3-5-9/h1-7,18H,(H,14,16)(H,15,17). The molecule has 0 aliphatic carbocycles. The Morgan fingerprint density at radius 3 is 2.48 bits per heavy atom. The SMILES string of the molecule is O=C(NO)c1cnc(NS(=O)(=O)c2ccccc2)c(F)c1. The molecular weight excluding hydrogens is 301 g/mol. The van der Waals surface area contributed by atoms with E-state index in [4.69, 9.17) is 5.21 Å². The summed E-state index contributed by atoms with van der Waals surface area (Å²) in [7, 11) is -3.98. The van der Waals surface area contributed by atoms with Crippen LogP contribution in [0.3, 0.4) is 0 Å². The van der Waals surface area contributed by atoms with Crippen molar-refractivity contribution in [3.8, 4) is 0 Å². The largest absolute Gasteiger partial charge is 0.288 e. The number of anilines is 1. The fourth-order valence-electron chi connectivity index (χ4n) is 1.49. The second-order valence-corrected chi connectivity index (χ2v) is 5.60. The maximum absolute atomic E-state index is 13.7. The van der Waals surface area contributed by atoms with Crippen LogP contribution in [0.5, 0.6) is 0 Å². The minimum absolute atomic E-state index is 0.0524. The van der Waals surface area contributed by atoms with E-state index >= 15 is 0 Å². The first kappa shape index (κ1) is 14.9. The van der Waals surface area contributed by atoms with Gasteiger partial charge in [0.05, 0.1) is 10.5 Å². The molecule has 0 fully saturated rings. The summed E-state index contributed by atoms with van der Waals surface area (Å²) in [5, 5.41) is 8.42. The van der Waals surface area contributed by atoms with Crippen LogP contribution in [0, 0.1) is 5.82 Å². The summed E-state index contributed by atoms with van der Waals surface area (Å²) < 4.78 is 39.7. The number of hydrogen-bond acceptors (Lipinski definition) is 5. The van der Waals surface area contributed by atoms with E-state index in [-0.39, 0.29) is 10.5 Å². The number of pyridine rings is 1. The number of nitrogens with one attached hydrogen (secondary N) is 2. The summed E-state index contributed by atoms with van der Waals surface area (Å²) in [6.45, 7) is 0. The number of hydroxylamine groups is 1. The molecule has 0 aliphatic rings. The predicted octanol–water partition coefficient (Wildman–Crippen LogP) is 1.14. The number of rotatable bonds is 4. The molecule has 21 heavy (non-hydrogen) atoms. The Labute approximate surface area is 119 Å². The monoisotopic (exact) mass is 311 g/mol. The number of carbonyl (C=O) groups is 1. The van der Waals surface area contributed by atoms with E-state index in [1.54, 1.807) is 6.07 Å². The van der Waals surface area contributed by atoms with E-state index in [9.17, 15) is 17.6 Å². The average molecular weight is 311 g/mol. The molecule has 3 N–H and O–H groups in total. The van der Waals surface area contributed by atoms with Crippen LogP contribution < -0.4 is 10.2 Å². The molecule has 1 amide bonds. The van der Waals surface area contributed by atoms with Gasteiger partial charge in [0, 0.05) is 6.20 Å². The van der Waals surface area contributed by atoms with E-state index in [1.807, 2.05) is 4.72 Å². The minimum Gasteiger partial charge on any atom is -0.288 e. The van der Waals surface area contributed by atoms with E-state index in [2.05, 4.69) is 4.98 Å². The van der Waals surface area contributed by atoms with Crippen molar-refractivity contribution in [3.63, 3.8) is 0 Å². The van der Waals surface area contributed by atoms with Gasteiger partial charge in [-0.15, -0.1) is 0 Å². The van der Waals surface area contributed by atoms with Gasteiger partial charge in [-0.1, -0.05) is 18.2 Å². The Morgan fingerprint density at radius 1 is 1.24 bits per heavy atom. The van der Waals surface area contributed by atoms with Gasteiger partial charge in [0.1, 0.15) is 0 Å². The van der Waals surface area contributed by atoms with Gasteiger partial charge < -0.3 is 0 Å². The van der Waals surface area contributed by atoms with Crippen molar-refractivity contribution in [2.45, 2.75) is 4.90 Å². The Morgan fingerprint density at radius 2 is 1.90 bits per heavy atom. The fourth-order valence-corrected chi connectivity index (χ4v) is 2.53. The lowest BCUT2D eigenvalue weighted by molar-refractivity contribution is 0.0705. The molecule has 0 radical (unpaired) electrons. The molecule has 2 rings (SSSR count). The molecule has 1 aromatic heterocycles. The van der Waals surface area contributed by atoms with Crippen LogP contribution in [0.1, 0.15) is 10.4 Å². The second kappa shape index (κ2) is 5.85. The number of carbonyl (C=O) groups excluding carboxylic acids is 1. The van der Waals surface area contributed by atoms with Crippen molar-refractivity contribution in [3.05, 3.63) is 54.0 Å². The Hall–Kier alpha value is -2.52. The Balaban J connectivity index is 2.30. The summed E-state index contributed by atoms with van der Waals surface area (Å²) in [5.41, 5.74) is 1.07. The molecule has 0 spiro atoms. The van der Waals surface area contributed by atoms with E-state index < -0.39 is 27.6 Å². The molecule has 0 saturated heterocycles. The van der Waals surface area contributed by atoms with Gasteiger partial charge in [-0.05, 0) is 18.2 Å². The number of benzene rings is 1. The highest BCUT2D eigenvalue weighted by molar-refractivity contribution is 7.92. The molecule has 0 unspecified atom stereocenters. The zero-order valence-corrected chi connectivity index (χ0v) is 11.3. The van der Waals surface area contributed by atoms with Gasteiger partial charge in [0.25, 0.3) is 15.9 Å². The number of halogens is 1. The maximum Gasteiger partial charge on any atom is 0.276 e. The zero-order chi connectivity index (χ0) is 15.5. The number of sulfonamides is 1. The fraction of sp³-hybridized carbons (Fsp3) is 0. The third-order valence-corrected chi connectivity index (χ3v) is 3.84. The molecular formula is C12H10FN3O4S. The van der Waals surface area contributed by atoms with Gasteiger partial charge in [-0.25, -0.2) is 23.3 Å². The quantitative estimate of drug-likeness (QED) is 0.579. The maximum atomic E-state index is 13.7. The lowest BCUT2D eigenvalue weighted by Gasteiger charge is -2.08. The molecule has 2 aromatic rings. The zero-order valence-electron chi connectivity index (χ0n) is 10.4. The first-order valence-corrected chi connectivity index (χ1v) is 7.10. The van der Waals surface area contributed by atoms with Crippen molar-refractivity contribution < 1.29 is 22.8 Å². The second-order valence-electron chi connectivity index (χ2n) is 3.91. The number of aromatic nitrogens is 1. The third-order valence-electron chi connectivity index (χ3n) is 2.49. The normalized spacial score (nSPS) is 11.0. The minimum atomic E-state index is -3.98. The highest BCUT2D eigenvalue weighted by atomic mass is 32.2. The molecule has 1 heterocycles. The summed E-state index contributed by atoms with van der Waals surface area (Å²) in [6.07, 6.45) is 0.928. The van der Waals surface area contributed by atoms with E-state index in [1.165, 1.54) is 29.7 Å². The average Bonchev–Trinajstić information content (AvgIpc) is 2.49. The van der Waals surface area contributed by atoms with E-state index in [0.29, 0.717) is 0 Å². The summed E-state index contributed by atoms with van der Waals surface area (Å²) >= 11 is 0. The highest BCUT2D eigenvalue weighted by Crippen LogP contribution is 2.17. The smallest absolute Gasteiger partial charge is 0.276 e. The third kappa shape index (κ3) is 3.33. The first-order valence-electron chi connectivity index (χ1n) is 5.62. The molecule has 7 nitrogen and oxygen atoms in total. The lowest BCUT2D eigenvalue weighted by Crippen LogP contribution is -2.20. The van der Waals surface area contributed by atoms with Gasteiger partial charge in [-0.2, -0.15) is 0 Å². The van der Waals surface area contributed by atoms with Crippen LogP contribution in [0.25, 0.3) is 0 Å². The lowest BCUT2D eigenvalue weighted by atomic mass is 10.2. The van der Waals surface area contributed by atoms with Crippen molar-refractivity contribution in [2.24, 2.45) is 0 Å². The number of amides is 1. The summed E-state index contributed by atoms with van der Waals surface area (Å²) in [5.74, 6) is -2.55. The van der Waals surface area contributed by atoms with Crippen molar-refractivity contribution in [2.75, 3.05) is 4.72 Å². The van der Waals surface area contributed by atoms with Crippen molar-refractivity contribution >= 4 is 21.7 Å². The molecule has 0 saturated carbocycles. The van der Waals surface area contributed by atoms with Gasteiger partial charge in [-0.3, -0.25) is 14.7 Å². The summed E-state index contributed by atoms with van der Waals surface area (Å²) in [4.78, 5) is 14.5. The predicted molar refractivity (Wildman–Crippen MR) is 70.7 cm³/mol. The van der Waals surface area contributed by atoms with Crippen molar-refractivity contribution in [1.82, 2.24) is 10.5 Å². The van der Waals surface area contributed by atoms with Gasteiger partial charge in [0.2, 0.25) is 0 Å². The van der Waals surface area contributed by atoms with Gasteiger partial charge in [0.15, 0.2) is 11.6 Å². The van der Waals surface area contributed by atoms with Crippen LogP contribution in [-0.2, 0) is 10.0 Å². The Bertz CT molecular complexity index is 765. The van der Waals surface area contributed by atoms with Crippen LogP contribution in [-0.4, -0.2) is 24.5 Å². The molecule has 0 aliphatic heterocycles. The van der Waals surface area contributed by atoms with Crippen LogP contribution in [0.4, 0.5) is 10.2 Å².